The van der Waals surface area contributed by atoms with Gasteiger partial charge < -0.3 is 15.1 Å². The maximum absolute atomic E-state index is 8.98. The Balaban J connectivity index is 3.17. The van der Waals surface area contributed by atoms with Gasteiger partial charge in [0.25, 0.3) is 0 Å². The zero-order valence-corrected chi connectivity index (χ0v) is 21.2. The van der Waals surface area contributed by atoms with Crippen molar-refractivity contribution in [2.24, 2.45) is 0 Å². The minimum absolute atomic E-state index is 0.143. The molecule has 0 saturated heterocycles. The summed E-state index contributed by atoms with van der Waals surface area (Å²) in [5.41, 5.74) is 0. The van der Waals surface area contributed by atoms with Crippen molar-refractivity contribution in [1.29, 1.82) is 0 Å². The van der Waals surface area contributed by atoms with E-state index in [1.54, 1.807) is 0 Å². The Morgan fingerprint density at radius 1 is 0.484 bits per heavy atom. The summed E-state index contributed by atoms with van der Waals surface area (Å²) in [7, 11) is 0. The molecule has 0 aliphatic carbocycles. The molecule has 0 atom stereocenters. The number of hydrogen-bond acceptors (Lipinski definition) is 3. The summed E-state index contributed by atoms with van der Waals surface area (Å²) in [4.78, 5) is 1.98. The Morgan fingerprint density at radius 3 is 1.13 bits per heavy atom. The minimum Gasteiger partial charge on any atom is -0.395 e. The molecule has 0 aromatic carbocycles. The third-order valence-corrected chi connectivity index (χ3v) is 6.31. The summed E-state index contributed by atoms with van der Waals surface area (Å²) in [6, 6.07) is 0. The van der Waals surface area contributed by atoms with Gasteiger partial charge >= 0.3 is 0 Å². The molecule has 31 heavy (non-hydrogen) atoms. The second kappa shape index (κ2) is 27.5. The van der Waals surface area contributed by atoms with E-state index in [1.807, 2.05) is 11.1 Å². The standard InChI is InChI=1S/C28H57NO2/c1-2-3-4-5-6-7-8-9-10-11-12-13-14-15-16-17-18-19-20-21-22-23-24-29(25-27-30)26-28-31/h23-24,30-31H,2-22,25-28H2,1H3. The highest BCUT2D eigenvalue weighted by atomic mass is 16.3. The topological polar surface area (TPSA) is 43.7 Å². The molecule has 0 unspecified atom stereocenters. The van der Waals surface area contributed by atoms with Crippen molar-refractivity contribution in [3.05, 3.63) is 12.3 Å². The van der Waals surface area contributed by atoms with Gasteiger partial charge in [-0.2, -0.15) is 0 Å². The summed E-state index contributed by atoms with van der Waals surface area (Å²) >= 11 is 0. The lowest BCUT2D eigenvalue weighted by molar-refractivity contribution is 0.198. The normalized spacial score (nSPS) is 11.6. The fourth-order valence-corrected chi connectivity index (χ4v) is 4.26. The largest absolute Gasteiger partial charge is 0.395 e. The van der Waals surface area contributed by atoms with Crippen LogP contribution in [0.15, 0.2) is 12.3 Å². The van der Waals surface area contributed by atoms with Crippen LogP contribution in [0.1, 0.15) is 142 Å². The van der Waals surface area contributed by atoms with Gasteiger partial charge in [0.1, 0.15) is 0 Å². The predicted molar refractivity (Wildman–Crippen MR) is 138 cm³/mol. The average molecular weight is 440 g/mol. The van der Waals surface area contributed by atoms with Crippen molar-refractivity contribution in [3.8, 4) is 0 Å². The molecule has 0 spiro atoms. The number of allylic oxidation sites excluding steroid dienone is 1. The molecule has 0 aromatic rings. The van der Waals surface area contributed by atoms with Crippen LogP contribution >= 0.6 is 0 Å². The maximum atomic E-state index is 8.98. The van der Waals surface area contributed by atoms with Gasteiger partial charge in [-0.3, -0.25) is 0 Å². The average Bonchev–Trinajstić information content (AvgIpc) is 2.77. The first-order valence-electron chi connectivity index (χ1n) is 14.0. The van der Waals surface area contributed by atoms with E-state index < -0.39 is 0 Å². The number of aliphatic hydroxyl groups excluding tert-OH is 2. The number of nitrogens with zero attached hydrogens (tertiary/aromatic N) is 1. The lowest BCUT2D eigenvalue weighted by Gasteiger charge is -2.17. The second-order valence-electron chi connectivity index (χ2n) is 9.37. The van der Waals surface area contributed by atoms with Crippen molar-refractivity contribution < 1.29 is 10.2 Å². The third kappa shape index (κ3) is 25.6. The molecule has 3 heteroatoms. The highest BCUT2D eigenvalue weighted by molar-refractivity contribution is 4.82. The van der Waals surface area contributed by atoms with Gasteiger partial charge in [0.2, 0.25) is 0 Å². The molecule has 0 radical (unpaired) electrons. The zero-order valence-electron chi connectivity index (χ0n) is 21.2. The molecule has 2 N–H and O–H groups in total. The van der Waals surface area contributed by atoms with E-state index in [1.165, 1.54) is 128 Å². The third-order valence-electron chi connectivity index (χ3n) is 6.31. The number of rotatable bonds is 26. The van der Waals surface area contributed by atoms with Crippen LogP contribution < -0.4 is 0 Å². The molecule has 0 bridgehead atoms. The predicted octanol–water partition coefficient (Wildman–Crippen LogP) is 8.00. The van der Waals surface area contributed by atoms with E-state index in [0.29, 0.717) is 13.1 Å². The Kier molecular flexibility index (Phi) is 27.0. The van der Waals surface area contributed by atoms with Crippen LogP contribution in [0.3, 0.4) is 0 Å². The van der Waals surface area contributed by atoms with E-state index in [4.69, 9.17) is 10.2 Å². The first kappa shape index (κ1) is 30.5. The molecule has 0 aliphatic heterocycles. The Hall–Kier alpha value is -0.540. The van der Waals surface area contributed by atoms with Gasteiger partial charge in [-0.1, -0.05) is 135 Å². The Labute approximate surface area is 195 Å². The molecular weight excluding hydrogens is 382 g/mol. The maximum Gasteiger partial charge on any atom is 0.0606 e. The Bertz CT molecular complexity index is 340. The van der Waals surface area contributed by atoms with Crippen LogP contribution in [-0.2, 0) is 0 Å². The van der Waals surface area contributed by atoms with Crippen LogP contribution in [0.4, 0.5) is 0 Å². The molecule has 0 rings (SSSR count). The first-order chi connectivity index (χ1) is 15.3. The van der Waals surface area contributed by atoms with Crippen LogP contribution in [0.2, 0.25) is 0 Å². The molecule has 0 aromatic heterocycles. The van der Waals surface area contributed by atoms with E-state index >= 15 is 0 Å². The van der Waals surface area contributed by atoms with Crippen LogP contribution in [0, 0.1) is 0 Å². The van der Waals surface area contributed by atoms with Crippen molar-refractivity contribution in [3.63, 3.8) is 0 Å². The molecule has 0 fully saturated rings. The number of aliphatic hydroxyl groups is 2. The molecule has 0 amide bonds. The van der Waals surface area contributed by atoms with Gasteiger partial charge in [-0.05, 0) is 19.0 Å². The van der Waals surface area contributed by atoms with Gasteiger partial charge in [-0.25, -0.2) is 0 Å². The van der Waals surface area contributed by atoms with E-state index in [-0.39, 0.29) is 13.2 Å². The van der Waals surface area contributed by atoms with E-state index in [2.05, 4.69) is 13.0 Å². The summed E-state index contributed by atoms with van der Waals surface area (Å²) in [6.07, 6.45) is 33.8. The quantitative estimate of drug-likeness (QED) is 0.134. The molecular formula is C28H57NO2. The number of hydrogen-bond donors (Lipinski definition) is 2. The van der Waals surface area contributed by atoms with E-state index in [0.717, 1.165) is 6.42 Å². The fraction of sp³-hybridized carbons (Fsp3) is 0.929. The smallest absolute Gasteiger partial charge is 0.0606 e. The highest BCUT2D eigenvalue weighted by Crippen LogP contribution is 2.15. The lowest BCUT2D eigenvalue weighted by Crippen LogP contribution is -2.24. The van der Waals surface area contributed by atoms with Gasteiger partial charge in [0.05, 0.1) is 13.2 Å². The van der Waals surface area contributed by atoms with Crippen LogP contribution in [-0.4, -0.2) is 41.4 Å². The van der Waals surface area contributed by atoms with Crippen molar-refractivity contribution in [1.82, 2.24) is 4.90 Å². The molecule has 186 valence electrons. The zero-order chi connectivity index (χ0) is 22.7. The summed E-state index contributed by atoms with van der Waals surface area (Å²) in [6.45, 7) is 3.79. The summed E-state index contributed by atoms with van der Waals surface area (Å²) < 4.78 is 0. The van der Waals surface area contributed by atoms with Crippen molar-refractivity contribution in [2.75, 3.05) is 26.3 Å². The summed E-state index contributed by atoms with van der Waals surface area (Å²) in [5, 5.41) is 18.0. The van der Waals surface area contributed by atoms with Crippen LogP contribution in [0.5, 0.6) is 0 Å². The fourth-order valence-electron chi connectivity index (χ4n) is 4.26. The minimum atomic E-state index is 0.143. The van der Waals surface area contributed by atoms with Gasteiger partial charge in [0, 0.05) is 13.1 Å². The van der Waals surface area contributed by atoms with Crippen LogP contribution in [0.25, 0.3) is 0 Å². The van der Waals surface area contributed by atoms with Crippen molar-refractivity contribution in [2.45, 2.75) is 142 Å². The van der Waals surface area contributed by atoms with E-state index in [9.17, 15) is 0 Å². The first-order valence-corrected chi connectivity index (χ1v) is 14.0. The second-order valence-corrected chi connectivity index (χ2v) is 9.37. The lowest BCUT2D eigenvalue weighted by atomic mass is 10.0. The molecule has 3 nitrogen and oxygen atoms in total. The molecule has 0 saturated carbocycles. The Morgan fingerprint density at radius 2 is 0.806 bits per heavy atom. The van der Waals surface area contributed by atoms with Gasteiger partial charge in [0.15, 0.2) is 0 Å². The molecule has 0 heterocycles. The molecule has 0 aliphatic rings. The number of unbranched alkanes of at least 4 members (excludes halogenated alkanes) is 20. The monoisotopic (exact) mass is 439 g/mol. The summed E-state index contributed by atoms with van der Waals surface area (Å²) in [5.74, 6) is 0. The highest BCUT2D eigenvalue weighted by Gasteiger charge is 1.97. The SMILES string of the molecule is CCCCCCCCCCCCCCCCCCCCCCC=CN(CCO)CCO. The van der Waals surface area contributed by atoms with Gasteiger partial charge in [-0.15, -0.1) is 0 Å². The van der Waals surface area contributed by atoms with Crippen molar-refractivity contribution >= 4 is 0 Å².